The number of aromatic nitrogens is 2. The molecule has 0 saturated heterocycles. The second-order valence-electron chi connectivity index (χ2n) is 3.82. The smallest absolute Gasteiger partial charge is 0.270 e. The van der Waals surface area contributed by atoms with Crippen LogP contribution in [0.25, 0.3) is 11.3 Å². The van der Waals surface area contributed by atoms with Gasteiger partial charge in [-0.3, -0.25) is 4.79 Å². The van der Waals surface area contributed by atoms with Crippen molar-refractivity contribution in [2.45, 2.75) is 5.33 Å². The van der Waals surface area contributed by atoms with Gasteiger partial charge in [-0.25, -0.2) is 4.68 Å². The molecule has 0 atom stereocenters. The summed E-state index contributed by atoms with van der Waals surface area (Å²) < 4.78 is 6.65. The second-order valence-corrected chi connectivity index (χ2v) is 4.38. The fourth-order valence-electron chi connectivity index (χ4n) is 1.75. The van der Waals surface area contributed by atoms with Gasteiger partial charge in [0.25, 0.3) is 5.56 Å². The Kier molecular flexibility index (Phi) is 3.81. The number of benzene rings is 1. The molecule has 5 heteroatoms. The van der Waals surface area contributed by atoms with Crippen molar-refractivity contribution in [1.82, 2.24) is 9.78 Å². The molecule has 2 aromatic rings. The van der Waals surface area contributed by atoms with Crippen molar-refractivity contribution in [1.29, 1.82) is 0 Å². The lowest BCUT2D eigenvalue weighted by molar-refractivity contribution is 0.416. The molecule has 0 radical (unpaired) electrons. The van der Waals surface area contributed by atoms with Crippen molar-refractivity contribution in [2.24, 2.45) is 7.05 Å². The minimum atomic E-state index is -0.0921. The maximum Gasteiger partial charge on any atom is 0.270 e. The zero-order valence-electron chi connectivity index (χ0n) is 10.2. The fourth-order valence-corrected chi connectivity index (χ4v) is 2.16. The van der Waals surface area contributed by atoms with Gasteiger partial charge in [-0.1, -0.05) is 28.1 Å². The van der Waals surface area contributed by atoms with Gasteiger partial charge in [-0.15, -0.1) is 0 Å². The van der Waals surface area contributed by atoms with Gasteiger partial charge in [0.2, 0.25) is 0 Å². The molecule has 0 spiro atoms. The first-order valence-corrected chi connectivity index (χ1v) is 6.56. The van der Waals surface area contributed by atoms with Crippen molar-refractivity contribution in [3.8, 4) is 17.0 Å². The van der Waals surface area contributed by atoms with E-state index in [4.69, 9.17) is 4.74 Å². The molecule has 1 heterocycles. The van der Waals surface area contributed by atoms with E-state index in [1.165, 1.54) is 4.68 Å². The predicted octanol–water partition coefficient (Wildman–Crippen LogP) is 2.35. The van der Waals surface area contributed by atoms with Crippen LogP contribution in [0.2, 0.25) is 0 Å². The Hall–Kier alpha value is -1.62. The van der Waals surface area contributed by atoms with Gasteiger partial charge in [0.1, 0.15) is 5.75 Å². The summed E-state index contributed by atoms with van der Waals surface area (Å²) in [5.41, 5.74) is 2.18. The van der Waals surface area contributed by atoms with Crippen LogP contribution in [0.1, 0.15) is 5.56 Å². The molecule has 0 amide bonds. The number of alkyl halides is 1. The van der Waals surface area contributed by atoms with Crippen LogP contribution < -0.4 is 10.3 Å². The SMILES string of the molecule is COc1ccccc1-c1cc(CBr)c(=O)n(C)n1. The van der Waals surface area contributed by atoms with E-state index in [2.05, 4.69) is 21.0 Å². The van der Waals surface area contributed by atoms with E-state index in [1.807, 2.05) is 24.3 Å². The highest BCUT2D eigenvalue weighted by Gasteiger charge is 2.10. The summed E-state index contributed by atoms with van der Waals surface area (Å²) in [6.45, 7) is 0. The number of hydrogen-bond donors (Lipinski definition) is 0. The Labute approximate surface area is 113 Å². The molecule has 0 aliphatic carbocycles. The number of methoxy groups -OCH3 is 1. The third kappa shape index (κ3) is 2.31. The van der Waals surface area contributed by atoms with Gasteiger partial charge in [0.05, 0.1) is 12.8 Å². The minimum Gasteiger partial charge on any atom is -0.496 e. The van der Waals surface area contributed by atoms with Gasteiger partial charge in [-0.2, -0.15) is 5.10 Å². The molecule has 0 N–H and O–H groups in total. The lowest BCUT2D eigenvalue weighted by Crippen LogP contribution is -2.23. The van der Waals surface area contributed by atoms with Gasteiger partial charge < -0.3 is 4.74 Å². The van der Waals surface area contributed by atoms with Crippen molar-refractivity contribution in [3.05, 3.63) is 46.2 Å². The number of hydrogen-bond acceptors (Lipinski definition) is 3. The summed E-state index contributed by atoms with van der Waals surface area (Å²) in [4.78, 5) is 11.8. The van der Waals surface area contributed by atoms with Crippen LogP contribution >= 0.6 is 15.9 Å². The van der Waals surface area contributed by atoms with Gasteiger partial charge in [0.15, 0.2) is 0 Å². The molecule has 2 rings (SSSR count). The summed E-state index contributed by atoms with van der Waals surface area (Å²) in [7, 11) is 3.26. The van der Waals surface area contributed by atoms with E-state index in [0.717, 1.165) is 17.0 Å². The standard InChI is InChI=1S/C13H13BrN2O2/c1-16-13(17)9(8-14)7-11(15-16)10-5-3-4-6-12(10)18-2/h3-7H,8H2,1-2H3. The number of rotatable bonds is 3. The molecule has 0 saturated carbocycles. The normalized spacial score (nSPS) is 10.4. The van der Waals surface area contributed by atoms with Crippen LogP contribution in [-0.4, -0.2) is 16.9 Å². The predicted molar refractivity (Wildman–Crippen MR) is 74.1 cm³/mol. The zero-order chi connectivity index (χ0) is 13.1. The van der Waals surface area contributed by atoms with E-state index in [0.29, 0.717) is 10.9 Å². The van der Waals surface area contributed by atoms with E-state index >= 15 is 0 Å². The Bertz CT molecular complexity index is 623. The van der Waals surface area contributed by atoms with Crippen molar-refractivity contribution in [3.63, 3.8) is 0 Å². The third-order valence-electron chi connectivity index (χ3n) is 2.66. The molecule has 0 unspecified atom stereocenters. The maximum atomic E-state index is 11.8. The highest BCUT2D eigenvalue weighted by molar-refractivity contribution is 9.08. The summed E-state index contributed by atoms with van der Waals surface area (Å²) >= 11 is 3.31. The first-order chi connectivity index (χ1) is 8.67. The third-order valence-corrected chi connectivity index (χ3v) is 3.27. The van der Waals surface area contributed by atoms with E-state index in [-0.39, 0.29) is 5.56 Å². The van der Waals surface area contributed by atoms with Crippen LogP contribution in [0.15, 0.2) is 35.1 Å². The first-order valence-electron chi connectivity index (χ1n) is 5.44. The molecular weight excluding hydrogens is 296 g/mol. The number of ether oxygens (including phenoxy) is 1. The van der Waals surface area contributed by atoms with Crippen LogP contribution in [0.3, 0.4) is 0 Å². The van der Waals surface area contributed by atoms with E-state index < -0.39 is 0 Å². The molecule has 0 aliphatic heterocycles. The van der Waals surface area contributed by atoms with Crippen LogP contribution in [-0.2, 0) is 12.4 Å². The second kappa shape index (κ2) is 5.35. The van der Waals surface area contributed by atoms with Crippen molar-refractivity contribution in [2.75, 3.05) is 7.11 Å². The summed E-state index contributed by atoms with van der Waals surface area (Å²) in [5, 5.41) is 4.77. The monoisotopic (exact) mass is 308 g/mol. The minimum absolute atomic E-state index is 0.0921. The van der Waals surface area contributed by atoms with Crippen molar-refractivity contribution >= 4 is 15.9 Å². The number of aryl methyl sites for hydroxylation is 1. The number of halogens is 1. The van der Waals surface area contributed by atoms with E-state index in [9.17, 15) is 4.79 Å². The average molecular weight is 309 g/mol. The molecule has 0 aliphatic rings. The molecule has 4 nitrogen and oxygen atoms in total. The van der Waals surface area contributed by atoms with Crippen LogP contribution in [0.4, 0.5) is 0 Å². The van der Waals surface area contributed by atoms with Crippen LogP contribution in [0, 0.1) is 0 Å². The Morgan fingerprint density at radius 2 is 2.11 bits per heavy atom. The molecule has 18 heavy (non-hydrogen) atoms. The maximum absolute atomic E-state index is 11.8. The summed E-state index contributed by atoms with van der Waals surface area (Å²) in [5.74, 6) is 0.740. The van der Waals surface area contributed by atoms with Gasteiger partial charge in [0, 0.05) is 23.5 Å². The number of para-hydroxylation sites is 1. The Morgan fingerprint density at radius 1 is 1.39 bits per heavy atom. The van der Waals surface area contributed by atoms with Gasteiger partial charge >= 0.3 is 0 Å². The molecule has 94 valence electrons. The van der Waals surface area contributed by atoms with Crippen LogP contribution in [0.5, 0.6) is 5.75 Å². The number of nitrogens with zero attached hydrogens (tertiary/aromatic N) is 2. The van der Waals surface area contributed by atoms with Gasteiger partial charge in [-0.05, 0) is 18.2 Å². The van der Waals surface area contributed by atoms with Crippen molar-refractivity contribution < 1.29 is 4.74 Å². The highest BCUT2D eigenvalue weighted by atomic mass is 79.9. The van der Waals surface area contributed by atoms with E-state index in [1.54, 1.807) is 20.2 Å². The highest BCUT2D eigenvalue weighted by Crippen LogP contribution is 2.27. The molecule has 0 bridgehead atoms. The first kappa shape index (κ1) is 12.8. The lowest BCUT2D eigenvalue weighted by atomic mass is 10.1. The molecule has 0 fully saturated rings. The lowest BCUT2D eigenvalue weighted by Gasteiger charge is -2.09. The molecular formula is C13H13BrN2O2. The largest absolute Gasteiger partial charge is 0.496 e. The Morgan fingerprint density at radius 3 is 2.78 bits per heavy atom. The molecule has 1 aromatic carbocycles. The zero-order valence-corrected chi connectivity index (χ0v) is 11.8. The average Bonchev–Trinajstić information content (AvgIpc) is 2.41. The topological polar surface area (TPSA) is 44.1 Å². The summed E-state index contributed by atoms with van der Waals surface area (Å²) in [6, 6.07) is 9.39. The quantitative estimate of drug-likeness (QED) is 0.818. The fraction of sp³-hybridized carbons (Fsp3) is 0.231. The Balaban J connectivity index is 2.64. The molecule has 1 aromatic heterocycles. The summed E-state index contributed by atoms with van der Waals surface area (Å²) in [6.07, 6.45) is 0.